The minimum Gasteiger partial charge on any atom is -0.341 e. The Kier molecular flexibility index (Phi) is 1.81. The highest BCUT2D eigenvalue weighted by molar-refractivity contribution is 5.49. The second-order valence-electron chi connectivity index (χ2n) is 2.75. The number of aryl methyl sites for hydroxylation is 1. The zero-order valence-corrected chi connectivity index (χ0v) is 7.08. The molecule has 0 atom stereocenters. The summed E-state index contributed by atoms with van der Waals surface area (Å²) in [5.74, 6) is 0.104. The Labute approximate surface area is 74.7 Å². The van der Waals surface area contributed by atoms with Gasteiger partial charge < -0.3 is 4.98 Å². The molecule has 2 rings (SSSR count). The molecule has 0 bridgehead atoms. The van der Waals surface area contributed by atoms with Crippen molar-refractivity contribution in [2.45, 2.75) is 6.92 Å². The van der Waals surface area contributed by atoms with Crippen LogP contribution in [0.25, 0.3) is 11.5 Å². The van der Waals surface area contributed by atoms with Crippen LogP contribution >= 0.6 is 0 Å². The van der Waals surface area contributed by atoms with Gasteiger partial charge in [0.2, 0.25) is 0 Å². The third-order valence-corrected chi connectivity index (χ3v) is 1.69. The van der Waals surface area contributed by atoms with Gasteiger partial charge in [-0.1, -0.05) is 0 Å². The maximum Gasteiger partial charge on any atom is 0.159 e. The van der Waals surface area contributed by atoms with E-state index in [4.69, 9.17) is 0 Å². The average molecular weight is 177 g/mol. The third-order valence-electron chi connectivity index (χ3n) is 1.69. The van der Waals surface area contributed by atoms with Crippen LogP contribution in [0.15, 0.2) is 24.5 Å². The van der Waals surface area contributed by atoms with E-state index in [2.05, 4.69) is 15.0 Å². The van der Waals surface area contributed by atoms with Crippen LogP contribution in [0.3, 0.4) is 0 Å². The standard InChI is InChI=1S/C9H8FN3/c1-6-5-12-9(13-6)8-7(10)3-2-4-11-8/h2-5H,1H3,(H,12,13). The molecular weight excluding hydrogens is 169 g/mol. The second kappa shape index (κ2) is 2.97. The molecule has 0 saturated carbocycles. The highest BCUT2D eigenvalue weighted by Crippen LogP contribution is 2.15. The summed E-state index contributed by atoms with van der Waals surface area (Å²) in [7, 11) is 0. The van der Waals surface area contributed by atoms with Gasteiger partial charge in [0.15, 0.2) is 11.6 Å². The van der Waals surface area contributed by atoms with E-state index in [0.29, 0.717) is 5.82 Å². The number of halogens is 1. The fraction of sp³-hybridized carbons (Fsp3) is 0.111. The Morgan fingerprint density at radius 3 is 2.85 bits per heavy atom. The maximum atomic E-state index is 13.2. The SMILES string of the molecule is Cc1cnc(-c2ncccc2F)[nH]1. The molecule has 1 N–H and O–H groups in total. The van der Waals surface area contributed by atoms with Crippen molar-refractivity contribution in [2.75, 3.05) is 0 Å². The van der Waals surface area contributed by atoms with Crippen molar-refractivity contribution in [1.82, 2.24) is 15.0 Å². The number of hydrogen-bond donors (Lipinski definition) is 1. The molecule has 0 fully saturated rings. The third kappa shape index (κ3) is 1.42. The first-order chi connectivity index (χ1) is 6.27. The minimum absolute atomic E-state index is 0.260. The lowest BCUT2D eigenvalue weighted by atomic mass is 10.3. The van der Waals surface area contributed by atoms with Gasteiger partial charge in [0.25, 0.3) is 0 Å². The van der Waals surface area contributed by atoms with Gasteiger partial charge in [-0.25, -0.2) is 14.4 Å². The molecule has 2 aromatic heterocycles. The fourth-order valence-corrected chi connectivity index (χ4v) is 1.09. The molecule has 13 heavy (non-hydrogen) atoms. The molecule has 0 unspecified atom stereocenters. The normalized spacial score (nSPS) is 10.3. The van der Waals surface area contributed by atoms with Gasteiger partial charge in [-0.2, -0.15) is 0 Å². The molecule has 0 spiro atoms. The molecule has 0 saturated heterocycles. The van der Waals surface area contributed by atoms with Crippen molar-refractivity contribution in [3.05, 3.63) is 36.0 Å². The predicted molar refractivity (Wildman–Crippen MR) is 46.5 cm³/mol. The Hall–Kier alpha value is -1.71. The van der Waals surface area contributed by atoms with Crippen molar-refractivity contribution in [3.8, 4) is 11.5 Å². The van der Waals surface area contributed by atoms with E-state index in [1.165, 1.54) is 12.3 Å². The van der Waals surface area contributed by atoms with Crippen LogP contribution < -0.4 is 0 Å². The molecule has 0 aromatic carbocycles. The highest BCUT2D eigenvalue weighted by Gasteiger charge is 2.07. The molecule has 3 nitrogen and oxygen atoms in total. The summed E-state index contributed by atoms with van der Waals surface area (Å²) in [5.41, 5.74) is 1.15. The molecule has 2 aromatic rings. The number of aromatic amines is 1. The summed E-state index contributed by atoms with van der Waals surface area (Å²) in [5, 5.41) is 0. The lowest BCUT2D eigenvalue weighted by molar-refractivity contribution is 0.624. The summed E-state index contributed by atoms with van der Waals surface area (Å²) in [6.07, 6.45) is 3.18. The van der Waals surface area contributed by atoms with Crippen molar-refractivity contribution in [3.63, 3.8) is 0 Å². The molecule has 66 valence electrons. The van der Waals surface area contributed by atoms with E-state index >= 15 is 0 Å². The van der Waals surface area contributed by atoms with Crippen molar-refractivity contribution >= 4 is 0 Å². The number of rotatable bonds is 1. The van der Waals surface area contributed by atoms with Crippen LogP contribution in [-0.2, 0) is 0 Å². The van der Waals surface area contributed by atoms with Crippen molar-refractivity contribution < 1.29 is 4.39 Å². The number of imidazole rings is 1. The Morgan fingerprint density at radius 2 is 2.23 bits per heavy atom. The van der Waals surface area contributed by atoms with Gasteiger partial charge >= 0.3 is 0 Å². The molecule has 0 aliphatic heterocycles. The number of aromatic nitrogens is 3. The van der Waals surface area contributed by atoms with Crippen LogP contribution in [-0.4, -0.2) is 15.0 Å². The number of H-pyrrole nitrogens is 1. The zero-order chi connectivity index (χ0) is 9.26. The van der Waals surface area contributed by atoms with Gasteiger partial charge in [0.05, 0.1) is 0 Å². The fourth-order valence-electron chi connectivity index (χ4n) is 1.09. The number of pyridine rings is 1. The molecule has 0 aliphatic rings. The van der Waals surface area contributed by atoms with Crippen LogP contribution in [0.5, 0.6) is 0 Å². The number of nitrogens with one attached hydrogen (secondary N) is 1. The van der Waals surface area contributed by atoms with Crippen molar-refractivity contribution in [1.29, 1.82) is 0 Å². The van der Waals surface area contributed by atoms with E-state index < -0.39 is 0 Å². The molecule has 0 amide bonds. The quantitative estimate of drug-likeness (QED) is 0.723. The summed E-state index contributed by atoms with van der Waals surface area (Å²) in [6, 6.07) is 2.91. The molecule has 0 aliphatic carbocycles. The Bertz CT molecular complexity index is 422. The van der Waals surface area contributed by atoms with Crippen LogP contribution in [0.4, 0.5) is 4.39 Å². The van der Waals surface area contributed by atoms with Crippen LogP contribution in [0, 0.1) is 12.7 Å². The topological polar surface area (TPSA) is 41.6 Å². The summed E-state index contributed by atoms with van der Waals surface area (Å²) < 4.78 is 13.2. The number of nitrogens with zero attached hydrogens (tertiary/aromatic N) is 2. The van der Waals surface area contributed by atoms with E-state index in [1.54, 1.807) is 12.3 Å². The molecule has 2 heterocycles. The molecular formula is C9H8FN3. The largest absolute Gasteiger partial charge is 0.341 e. The summed E-state index contributed by atoms with van der Waals surface area (Å²) in [4.78, 5) is 10.8. The van der Waals surface area contributed by atoms with E-state index in [-0.39, 0.29) is 11.5 Å². The van der Waals surface area contributed by atoms with Gasteiger partial charge in [-0.3, -0.25) is 0 Å². The van der Waals surface area contributed by atoms with Crippen LogP contribution in [0.1, 0.15) is 5.69 Å². The smallest absolute Gasteiger partial charge is 0.159 e. The van der Waals surface area contributed by atoms with Crippen molar-refractivity contribution in [2.24, 2.45) is 0 Å². The van der Waals surface area contributed by atoms with E-state index in [9.17, 15) is 4.39 Å². The minimum atomic E-state index is -0.364. The lowest BCUT2D eigenvalue weighted by Gasteiger charge is -1.95. The molecule has 0 radical (unpaired) electrons. The van der Waals surface area contributed by atoms with Gasteiger partial charge in [0.1, 0.15) is 5.69 Å². The maximum absolute atomic E-state index is 13.2. The summed E-state index contributed by atoms with van der Waals surface area (Å²) >= 11 is 0. The van der Waals surface area contributed by atoms with E-state index in [0.717, 1.165) is 5.69 Å². The van der Waals surface area contributed by atoms with Gasteiger partial charge in [0, 0.05) is 18.1 Å². The first-order valence-corrected chi connectivity index (χ1v) is 3.90. The van der Waals surface area contributed by atoms with Crippen LogP contribution in [0.2, 0.25) is 0 Å². The first kappa shape index (κ1) is 7.91. The average Bonchev–Trinajstić information content (AvgIpc) is 2.53. The second-order valence-corrected chi connectivity index (χ2v) is 2.75. The monoisotopic (exact) mass is 177 g/mol. The van der Waals surface area contributed by atoms with E-state index in [1.807, 2.05) is 6.92 Å². The highest BCUT2D eigenvalue weighted by atomic mass is 19.1. The Balaban J connectivity index is 2.52. The molecule has 4 heteroatoms. The summed E-state index contributed by atoms with van der Waals surface area (Å²) in [6.45, 7) is 1.86. The zero-order valence-electron chi connectivity index (χ0n) is 7.08. The predicted octanol–water partition coefficient (Wildman–Crippen LogP) is 1.92. The first-order valence-electron chi connectivity index (χ1n) is 3.90. The van der Waals surface area contributed by atoms with Gasteiger partial charge in [-0.15, -0.1) is 0 Å². The Morgan fingerprint density at radius 1 is 1.38 bits per heavy atom. The van der Waals surface area contributed by atoms with Gasteiger partial charge in [-0.05, 0) is 19.1 Å². The lowest BCUT2D eigenvalue weighted by Crippen LogP contribution is -1.89. The number of hydrogen-bond acceptors (Lipinski definition) is 2.